The topological polar surface area (TPSA) is 35.2 Å². The summed E-state index contributed by atoms with van der Waals surface area (Å²) in [7, 11) is 1.54. The molecule has 1 aliphatic rings. The number of rotatable bonds is 1. The summed E-state index contributed by atoms with van der Waals surface area (Å²) >= 11 is 1.69. The lowest BCUT2D eigenvalue weighted by Gasteiger charge is -2.37. The number of nitrogens with two attached hydrogens (primary N) is 1. The quantitative estimate of drug-likeness (QED) is 0.821. The van der Waals surface area contributed by atoms with Crippen LogP contribution in [0.5, 0.6) is 5.75 Å². The van der Waals surface area contributed by atoms with E-state index in [0.717, 1.165) is 11.1 Å². The van der Waals surface area contributed by atoms with E-state index in [2.05, 4.69) is 13.8 Å². The van der Waals surface area contributed by atoms with Gasteiger partial charge in [0.25, 0.3) is 0 Å². The molecule has 1 unspecified atom stereocenters. The molecule has 0 aromatic heterocycles. The van der Waals surface area contributed by atoms with Gasteiger partial charge in [-0.3, -0.25) is 0 Å². The van der Waals surface area contributed by atoms with E-state index in [-0.39, 0.29) is 16.6 Å². The SMILES string of the molecule is COc1cc(F)c2c(c1)C(N)C(C)(C)SC2. The lowest BCUT2D eigenvalue weighted by Crippen LogP contribution is -2.36. The first kappa shape index (κ1) is 11.7. The van der Waals surface area contributed by atoms with Crippen LogP contribution in [0.25, 0.3) is 0 Å². The number of halogens is 1. The Morgan fingerprint density at radius 3 is 2.81 bits per heavy atom. The van der Waals surface area contributed by atoms with E-state index < -0.39 is 0 Å². The average molecular weight is 241 g/mol. The van der Waals surface area contributed by atoms with Crippen molar-refractivity contribution in [2.45, 2.75) is 30.4 Å². The second-order valence-electron chi connectivity index (χ2n) is 4.55. The molecule has 0 amide bonds. The molecule has 4 heteroatoms. The molecule has 1 aliphatic heterocycles. The van der Waals surface area contributed by atoms with Crippen LogP contribution in [-0.2, 0) is 5.75 Å². The van der Waals surface area contributed by atoms with Gasteiger partial charge in [0.1, 0.15) is 11.6 Å². The summed E-state index contributed by atoms with van der Waals surface area (Å²) in [5.74, 6) is 0.994. The molecule has 0 spiro atoms. The third-order valence-electron chi connectivity index (χ3n) is 3.11. The number of thioether (sulfide) groups is 1. The van der Waals surface area contributed by atoms with Crippen molar-refractivity contribution in [3.63, 3.8) is 0 Å². The molecule has 1 aromatic carbocycles. The van der Waals surface area contributed by atoms with Crippen LogP contribution in [0.4, 0.5) is 4.39 Å². The zero-order valence-corrected chi connectivity index (χ0v) is 10.5. The zero-order valence-electron chi connectivity index (χ0n) is 9.71. The molecule has 0 saturated carbocycles. The normalized spacial score (nSPS) is 22.7. The van der Waals surface area contributed by atoms with E-state index >= 15 is 0 Å². The molecule has 88 valence electrons. The van der Waals surface area contributed by atoms with Gasteiger partial charge in [0.15, 0.2) is 0 Å². The molecule has 1 atom stereocenters. The zero-order chi connectivity index (χ0) is 11.9. The molecule has 1 aromatic rings. The van der Waals surface area contributed by atoms with Gasteiger partial charge in [0.05, 0.1) is 7.11 Å². The third kappa shape index (κ3) is 1.80. The predicted molar refractivity (Wildman–Crippen MR) is 65.3 cm³/mol. The van der Waals surface area contributed by atoms with E-state index in [1.54, 1.807) is 11.8 Å². The van der Waals surface area contributed by atoms with Crippen molar-refractivity contribution in [3.05, 3.63) is 29.1 Å². The monoisotopic (exact) mass is 241 g/mol. The van der Waals surface area contributed by atoms with E-state index in [4.69, 9.17) is 10.5 Å². The lowest BCUT2D eigenvalue weighted by atomic mass is 9.91. The summed E-state index contributed by atoms with van der Waals surface area (Å²) in [5.41, 5.74) is 7.77. The van der Waals surface area contributed by atoms with Crippen LogP contribution < -0.4 is 10.5 Å². The number of benzene rings is 1. The van der Waals surface area contributed by atoms with Gasteiger partial charge < -0.3 is 10.5 Å². The number of hydrogen-bond acceptors (Lipinski definition) is 3. The van der Waals surface area contributed by atoms with E-state index in [0.29, 0.717) is 11.5 Å². The smallest absolute Gasteiger partial charge is 0.131 e. The molecule has 1 heterocycles. The summed E-state index contributed by atoms with van der Waals surface area (Å²) in [5, 5.41) is 0. The largest absolute Gasteiger partial charge is 0.497 e. The third-order valence-corrected chi connectivity index (χ3v) is 4.54. The lowest BCUT2D eigenvalue weighted by molar-refractivity contribution is 0.408. The van der Waals surface area contributed by atoms with Gasteiger partial charge in [-0.1, -0.05) is 0 Å². The van der Waals surface area contributed by atoms with Gasteiger partial charge in [-0.05, 0) is 25.5 Å². The molecule has 0 aliphatic carbocycles. The van der Waals surface area contributed by atoms with Crippen molar-refractivity contribution in [2.24, 2.45) is 5.73 Å². The Morgan fingerprint density at radius 2 is 2.19 bits per heavy atom. The maximum absolute atomic E-state index is 13.8. The second kappa shape index (κ2) is 3.93. The summed E-state index contributed by atoms with van der Waals surface area (Å²) in [6.45, 7) is 4.17. The molecule has 16 heavy (non-hydrogen) atoms. The fraction of sp³-hybridized carbons (Fsp3) is 0.500. The molecule has 2 nitrogen and oxygen atoms in total. The molecule has 2 rings (SSSR count). The van der Waals surface area contributed by atoms with E-state index in [1.807, 2.05) is 6.07 Å². The molecular formula is C12H16FNOS. The van der Waals surface area contributed by atoms with Crippen molar-refractivity contribution in [1.82, 2.24) is 0 Å². The first-order chi connectivity index (χ1) is 7.45. The van der Waals surface area contributed by atoms with Crippen LogP contribution in [0.1, 0.15) is 31.0 Å². The van der Waals surface area contributed by atoms with Crippen molar-refractivity contribution < 1.29 is 9.13 Å². The van der Waals surface area contributed by atoms with Gasteiger partial charge >= 0.3 is 0 Å². The number of methoxy groups -OCH3 is 1. The Morgan fingerprint density at radius 1 is 1.50 bits per heavy atom. The van der Waals surface area contributed by atoms with Crippen molar-refractivity contribution in [3.8, 4) is 5.75 Å². The minimum Gasteiger partial charge on any atom is -0.497 e. The highest BCUT2D eigenvalue weighted by Gasteiger charge is 2.35. The molecule has 0 radical (unpaired) electrons. The standard InChI is InChI=1S/C12H16FNOS/c1-12(2)11(14)8-4-7(15-3)5-10(13)9(8)6-16-12/h4-5,11H,6,14H2,1-3H3. The highest BCUT2D eigenvalue weighted by Crippen LogP contribution is 2.45. The molecule has 2 N–H and O–H groups in total. The van der Waals surface area contributed by atoms with E-state index in [9.17, 15) is 4.39 Å². The Bertz CT molecular complexity index is 420. The summed E-state index contributed by atoms with van der Waals surface area (Å²) < 4.78 is 18.8. The summed E-state index contributed by atoms with van der Waals surface area (Å²) in [6, 6.07) is 3.11. The number of fused-ring (bicyclic) bond motifs is 1. The summed E-state index contributed by atoms with van der Waals surface area (Å²) in [6.07, 6.45) is 0. The van der Waals surface area contributed by atoms with Crippen molar-refractivity contribution in [1.29, 1.82) is 0 Å². The molecule has 0 fully saturated rings. The molecule has 0 saturated heterocycles. The van der Waals surface area contributed by atoms with Crippen molar-refractivity contribution >= 4 is 11.8 Å². The minimum atomic E-state index is -0.215. The van der Waals surface area contributed by atoms with Gasteiger partial charge in [-0.2, -0.15) is 0 Å². The fourth-order valence-corrected chi connectivity index (χ4v) is 3.03. The number of ether oxygens (including phenoxy) is 1. The Labute approximate surface area is 99.4 Å². The van der Waals surface area contributed by atoms with Crippen LogP contribution in [0.15, 0.2) is 12.1 Å². The highest BCUT2D eigenvalue weighted by atomic mass is 32.2. The predicted octanol–water partition coefficient (Wildman–Crippen LogP) is 2.86. The van der Waals surface area contributed by atoms with Crippen LogP contribution in [0.3, 0.4) is 0 Å². The van der Waals surface area contributed by atoms with Gasteiger partial charge in [0.2, 0.25) is 0 Å². The van der Waals surface area contributed by atoms with Gasteiger partial charge in [-0.25, -0.2) is 4.39 Å². The van der Waals surface area contributed by atoms with Crippen molar-refractivity contribution in [2.75, 3.05) is 7.11 Å². The first-order valence-electron chi connectivity index (χ1n) is 5.21. The van der Waals surface area contributed by atoms with Crippen LogP contribution in [-0.4, -0.2) is 11.9 Å². The summed E-state index contributed by atoms with van der Waals surface area (Å²) in [4.78, 5) is 0. The Balaban J connectivity index is 2.54. The Kier molecular flexibility index (Phi) is 2.88. The van der Waals surface area contributed by atoms with Gasteiger partial charge in [-0.15, -0.1) is 11.8 Å². The van der Waals surface area contributed by atoms with Gasteiger partial charge in [0, 0.05) is 28.2 Å². The maximum Gasteiger partial charge on any atom is 0.131 e. The number of hydrogen-bond donors (Lipinski definition) is 1. The molecular weight excluding hydrogens is 225 g/mol. The van der Waals surface area contributed by atoms with E-state index in [1.165, 1.54) is 13.2 Å². The average Bonchev–Trinajstić information content (AvgIpc) is 2.24. The fourth-order valence-electron chi connectivity index (χ4n) is 1.90. The van der Waals surface area contributed by atoms with Crippen LogP contribution in [0, 0.1) is 5.82 Å². The highest BCUT2D eigenvalue weighted by molar-refractivity contribution is 7.99. The first-order valence-corrected chi connectivity index (χ1v) is 6.20. The minimum absolute atomic E-state index is 0.0637. The molecule has 0 bridgehead atoms. The Hall–Kier alpha value is -0.740. The maximum atomic E-state index is 13.8. The van der Waals surface area contributed by atoms with Crippen LogP contribution in [0.2, 0.25) is 0 Å². The van der Waals surface area contributed by atoms with Crippen LogP contribution >= 0.6 is 11.8 Å². The second-order valence-corrected chi connectivity index (χ2v) is 6.18.